The Bertz CT molecular complexity index is 1560. The van der Waals surface area contributed by atoms with Gasteiger partial charge in [0.1, 0.15) is 17.8 Å². The van der Waals surface area contributed by atoms with Crippen LogP contribution in [0, 0.1) is 17.2 Å². The van der Waals surface area contributed by atoms with Crippen LogP contribution in [-0.2, 0) is 26.0 Å². The van der Waals surface area contributed by atoms with Crippen LogP contribution < -0.4 is 0 Å². The second-order valence-electron chi connectivity index (χ2n) is 9.08. The Labute approximate surface area is 209 Å². The van der Waals surface area contributed by atoms with Crippen LogP contribution in [0.4, 0.5) is 0 Å². The summed E-state index contributed by atoms with van der Waals surface area (Å²) in [7, 11) is -3.84. The van der Waals surface area contributed by atoms with Gasteiger partial charge < -0.3 is 9.30 Å². The smallest absolute Gasteiger partial charge is 0.313 e. The molecule has 5 rings (SSSR count). The van der Waals surface area contributed by atoms with Crippen molar-refractivity contribution in [1.82, 2.24) is 18.5 Å². The molecule has 9 nitrogen and oxygen atoms in total. The molecule has 0 amide bonds. The Balaban J connectivity index is 1.65. The van der Waals surface area contributed by atoms with Gasteiger partial charge in [-0.3, -0.25) is 4.79 Å². The summed E-state index contributed by atoms with van der Waals surface area (Å²) in [6.45, 7) is 2.05. The fourth-order valence-electron chi connectivity index (χ4n) is 5.19. The van der Waals surface area contributed by atoms with Gasteiger partial charge in [0.05, 0.1) is 29.3 Å². The lowest BCUT2D eigenvalue weighted by Crippen LogP contribution is -2.21. The topological polar surface area (TPSA) is 120 Å². The largest absolute Gasteiger partial charge is 0.466 e. The van der Waals surface area contributed by atoms with Crippen molar-refractivity contribution in [2.75, 3.05) is 6.61 Å². The first-order valence-corrected chi connectivity index (χ1v) is 13.6. The van der Waals surface area contributed by atoms with Crippen LogP contribution in [0.2, 0.25) is 0 Å². The number of pyridine rings is 1. The molecule has 0 atom stereocenters. The Morgan fingerprint density at radius 2 is 1.92 bits per heavy atom. The molecule has 1 aliphatic rings. The van der Waals surface area contributed by atoms with Gasteiger partial charge >= 0.3 is 5.97 Å². The van der Waals surface area contributed by atoms with E-state index in [-0.39, 0.29) is 29.9 Å². The van der Waals surface area contributed by atoms with E-state index >= 15 is 0 Å². The zero-order valence-electron chi connectivity index (χ0n) is 20.0. The first kappa shape index (κ1) is 24.0. The molecule has 1 fully saturated rings. The number of ether oxygens (including phenoxy) is 1. The normalized spacial score (nSPS) is 18.3. The maximum absolute atomic E-state index is 13.4. The minimum atomic E-state index is -3.84. The number of rotatable bonds is 7. The SMILES string of the molecule is CCOC(=O)Cc1nc2cnc3c(ccn3S(=O)(=O)c3ccccc3)c2n1[C@H]1CC[C@H](CC#N)CC1. The lowest BCUT2D eigenvalue weighted by Gasteiger charge is -2.29. The molecule has 0 bridgehead atoms. The number of benzene rings is 1. The lowest BCUT2D eigenvalue weighted by atomic mass is 9.84. The Morgan fingerprint density at radius 3 is 2.61 bits per heavy atom. The summed E-state index contributed by atoms with van der Waals surface area (Å²) in [5, 5.41) is 9.76. The van der Waals surface area contributed by atoms with Crippen molar-refractivity contribution in [2.45, 2.75) is 56.4 Å². The van der Waals surface area contributed by atoms with E-state index in [0.717, 1.165) is 31.2 Å². The van der Waals surface area contributed by atoms with E-state index in [1.807, 2.05) is 0 Å². The van der Waals surface area contributed by atoms with Crippen LogP contribution in [0.3, 0.4) is 0 Å². The van der Waals surface area contributed by atoms with Crippen LogP contribution in [0.1, 0.15) is 50.9 Å². The highest BCUT2D eigenvalue weighted by molar-refractivity contribution is 7.90. The molecule has 0 aliphatic heterocycles. The lowest BCUT2D eigenvalue weighted by molar-refractivity contribution is -0.142. The second-order valence-corrected chi connectivity index (χ2v) is 10.9. The number of nitriles is 1. The van der Waals surface area contributed by atoms with E-state index in [0.29, 0.717) is 34.7 Å². The summed E-state index contributed by atoms with van der Waals surface area (Å²) in [4.78, 5) is 21.8. The molecule has 0 N–H and O–H groups in total. The molecule has 3 heterocycles. The highest BCUT2D eigenvalue weighted by atomic mass is 32.2. The molecule has 0 unspecified atom stereocenters. The fourth-order valence-corrected chi connectivity index (χ4v) is 6.51. The van der Waals surface area contributed by atoms with Gasteiger partial charge in [0.2, 0.25) is 0 Å². The molecule has 1 aliphatic carbocycles. The summed E-state index contributed by atoms with van der Waals surface area (Å²) < 4.78 is 35.2. The summed E-state index contributed by atoms with van der Waals surface area (Å²) in [5.74, 6) is 0.592. The van der Waals surface area contributed by atoms with Crippen molar-refractivity contribution in [3.05, 3.63) is 54.6 Å². The molecule has 1 saturated carbocycles. The number of hydrogen-bond acceptors (Lipinski definition) is 7. The minimum absolute atomic E-state index is 0.0190. The third-order valence-corrected chi connectivity index (χ3v) is 8.55. The number of carbonyl (C=O) groups is 1. The van der Waals surface area contributed by atoms with Gasteiger partial charge in [-0.15, -0.1) is 0 Å². The van der Waals surface area contributed by atoms with Gasteiger partial charge in [0, 0.05) is 24.0 Å². The molecular weight excluding hydrogens is 478 g/mol. The number of hydrogen-bond donors (Lipinski definition) is 0. The first-order chi connectivity index (χ1) is 17.4. The van der Waals surface area contributed by atoms with E-state index in [4.69, 9.17) is 15.0 Å². The van der Waals surface area contributed by atoms with Crippen molar-refractivity contribution in [2.24, 2.45) is 5.92 Å². The molecule has 36 heavy (non-hydrogen) atoms. The van der Waals surface area contributed by atoms with Crippen molar-refractivity contribution in [3.63, 3.8) is 0 Å². The Morgan fingerprint density at radius 1 is 1.17 bits per heavy atom. The molecule has 186 valence electrons. The highest BCUT2D eigenvalue weighted by Gasteiger charge is 2.29. The third kappa shape index (κ3) is 4.24. The summed E-state index contributed by atoms with van der Waals surface area (Å²) in [6, 6.07) is 12.3. The predicted octanol–water partition coefficient (Wildman–Crippen LogP) is 4.37. The predicted molar refractivity (Wildman–Crippen MR) is 134 cm³/mol. The maximum atomic E-state index is 13.4. The molecular formula is C26H27N5O4S. The van der Waals surface area contributed by atoms with Crippen molar-refractivity contribution < 1.29 is 17.9 Å². The summed E-state index contributed by atoms with van der Waals surface area (Å²) >= 11 is 0. The molecule has 10 heteroatoms. The van der Waals surface area contributed by atoms with E-state index in [2.05, 4.69) is 15.6 Å². The summed E-state index contributed by atoms with van der Waals surface area (Å²) in [6.07, 6.45) is 7.17. The van der Waals surface area contributed by atoms with E-state index in [1.165, 1.54) is 10.2 Å². The van der Waals surface area contributed by atoms with E-state index in [9.17, 15) is 13.2 Å². The number of carbonyl (C=O) groups excluding carboxylic acids is 1. The summed E-state index contributed by atoms with van der Waals surface area (Å²) in [5.41, 5.74) is 1.69. The van der Waals surface area contributed by atoms with Gasteiger partial charge in [-0.25, -0.2) is 22.4 Å². The van der Waals surface area contributed by atoms with Crippen LogP contribution in [0.15, 0.2) is 53.7 Å². The molecule has 0 radical (unpaired) electrons. The fraction of sp³-hybridized carbons (Fsp3) is 0.385. The van der Waals surface area contributed by atoms with Gasteiger partial charge in [-0.2, -0.15) is 5.26 Å². The van der Waals surface area contributed by atoms with Crippen molar-refractivity contribution in [1.29, 1.82) is 5.26 Å². The van der Waals surface area contributed by atoms with Gasteiger partial charge in [0.15, 0.2) is 5.65 Å². The van der Waals surface area contributed by atoms with E-state index in [1.54, 1.807) is 49.5 Å². The quantitative estimate of drug-likeness (QED) is 0.342. The molecule has 0 spiro atoms. The third-order valence-electron chi connectivity index (χ3n) is 6.87. The molecule has 1 aromatic carbocycles. The van der Waals surface area contributed by atoms with Crippen LogP contribution in [-0.4, -0.2) is 39.5 Å². The monoisotopic (exact) mass is 505 g/mol. The van der Waals surface area contributed by atoms with Gasteiger partial charge in [-0.05, 0) is 56.7 Å². The van der Waals surface area contributed by atoms with Gasteiger partial charge in [0.25, 0.3) is 10.0 Å². The average molecular weight is 506 g/mol. The van der Waals surface area contributed by atoms with Crippen LogP contribution >= 0.6 is 0 Å². The Kier molecular flexibility index (Phi) is 6.49. The number of aromatic nitrogens is 4. The van der Waals surface area contributed by atoms with Crippen LogP contribution in [0.5, 0.6) is 0 Å². The number of imidazole rings is 1. The zero-order valence-corrected chi connectivity index (χ0v) is 20.8. The van der Waals surface area contributed by atoms with E-state index < -0.39 is 10.0 Å². The molecule has 0 saturated heterocycles. The minimum Gasteiger partial charge on any atom is -0.466 e. The first-order valence-electron chi connectivity index (χ1n) is 12.1. The van der Waals surface area contributed by atoms with Crippen LogP contribution in [0.25, 0.3) is 22.1 Å². The maximum Gasteiger partial charge on any atom is 0.313 e. The van der Waals surface area contributed by atoms with Gasteiger partial charge in [-0.1, -0.05) is 18.2 Å². The standard InChI is InChI=1S/C26H27N5O4S/c1-2-35-24(32)16-23-29-22-17-28-26-21(13-15-30(26)36(33,34)20-6-4-3-5-7-20)25(22)31(23)19-10-8-18(9-11-19)12-14-27/h3-7,13,15,17-19H,2,8-12,16H2,1H3/t18-,19-. The van der Waals surface area contributed by atoms with Crippen molar-refractivity contribution >= 4 is 38.1 Å². The zero-order chi connectivity index (χ0) is 25.3. The Hall–Kier alpha value is -3.71. The molecule has 3 aromatic heterocycles. The number of esters is 1. The van der Waals surface area contributed by atoms with Crippen molar-refractivity contribution in [3.8, 4) is 6.07 Å². The highest BCUT2D eigenvalue weighted by Crippen LogP contribution is 2.38. The number of fused-ring (bicyclic) bond motifs is 3. The molecule has 4 aromatic rings. The second kappa shape index (κ2) is 9.74. The number of nitrogens with zero attached hydrogens (tertiary/aromatic N) is 5. The average Bonchev–Trinajstić information content (AvgIpc) is 3.47.